The van der Waals surface area contributed by atoms with Gasteiger partial charge in [-0.1, -0.05) is 26.0 Å². The SMILES string of the molecule is CCCN(CCC)c1ccc(/C(C)=C(\C#N)SNCC(O)CO)cc1. The molecule has 138 valence electrons. The molecule has 0 bridgehead atoms. The second kappa shape index (κ2) is 11.9. The van der Waals surface area contributed by atoms with Gasteiger partial charge in [-0.3, -0.25) is 4.72 Å². The van der Waals surface area contributed by atoms with E-state index in [0.29, 0.717) is 4.91 Å². The van der Waals surface area contributed by atoms with Crippen LogP contribution in [0.4, 0.5) is 5.69 Å². The molecule has 5 nitrogen and oxygen atoms in total. The molecule has 1 aromatic carbocycles. The van der Waals surface area contributed by atoms with Gasteiger partial charge in [0.1, 0.15) is 11.0 Å². The zero-order chi connectivity index (χ0) is 18.7. The summed E-state index contributed by atoms with van der Waals surface area (Å²) >= 11 is 1.18. The summed E-state index contributed by atoms with van der Waals surface area (Å²) in [6.45, 7) is 8.28. The maximum Gasteiger partial charge on any atom is 0.108 e. The molecule has 1 atom stereocenters. The van der Waals surface area contributed by atoms with E-state index in [9.17, 15) is 10.4 Å². The maximum absolute atomic E-state index is 9.37. The molecule has 3 N–H and O–H groups in total. The molecule has 0 aromatic heterocycles. The lowest BCUT2D eigenvalue weighted by Crippen LogP contribution is -2.25. The van der Waals surface area contributed by atoms with Crippen LogP contribution in [0.5, 0.6) is 0 Å². The van der Waals surface area contributed by atoms with Crippen molar-refractivity contribution in [3.8, 4) is 6.07 Å². The van der Waals surface area contributed by atoms with E-state index in [1.807, 2.05) is 19.1 Å². The number of allylic oxidation sites excluding steroid dienone is 2. The van der Waals surface area contributed by atoms with E-state index in [1.54, 1.807) is 0 Å². The average molecular weight is 364 g/mol. The third-order valence-corrected chi connectivity index (χ3v) is 4.71. The summed E-state index contributed by atoms with van der Waals surface area (Å²) in [7, 11) is 0. The third-order valence-electron chi connectivity index (χ3n) is 3.80. The summed E-state index contributed by atoms with van der Waals surface area (Å²) in [4.78, 5) is 2.93. The Labute approximate surface area is 155 Å². The van der Waals surface area contributed by atoms with Gasteiger partial charge in [-0.2, -0.15) is 5.26 Å². The molecule has 0 amide bonds. The van der Waals surface area contributed by atoms with Crippen LogP contribution in [0.1, 0.15) is 39.2 Å². The van der Waals surface area contributed by atoms with Crippen molar-refractivity contribution in [3.05, 3.63) is 34.7 Å². The summed E-state index contributed by atoms with van der Waals surface area (Å²) in [5, 5.41) is 27.5. The van der Waals surface area contributed by atoms with Crippen LogP contribution in [0.3, 0.4) is 0 Å². The molecule has 0 saturated carbocycles. The molecule has 0 radical (unpaired) electrons. The first-order chi connectivity index (χ1) is 12.1. The van der Waals surface area contributed by atoms with Crippen molar-refractivity contribution in [3.63, 3.8) is 0 Å². The highest BCUT2D eigenvalue weighted by Crippen LogP contribution is 2.26. The molecule has 0 heterocycles. The summed E-state index contributed by atoms with van der Waals surface area (Å²) in [6.07, 6.45) is 1.40. The average Bonchev–Trinajstić information content (AvgIpc) is 2.64. The third kappa shape index (κ3) is 7.09. The largest absolute Gasteiger partial charge is 0.394 e. The van der Waals surface area contributed by atoms with Crippen LogP contribution >= 0.6 is 11.9 Å². The molecule has 0 spiro atoms. The van der Waals surface area contributed by atoms with Gasteiger partial charge in [0.25, 0.3) is 0 Å². The number of aliphatic hydroxyl groups is 2. The number of nitrogens with one attached hydrogen (secondary N) is 1. The highest BCUT2D eigenvalue weighted by molar-refractivity contribution is 8.01. The van der Waals surface area contributed by atoms with Crippen molar-refractivity contribution in [2.75, 3.05) is 31.1 Å². The van der Waals surface area contributed by atoms with E-state index < -0.39 is 6.10 Å². The molecular weight excluding hydrogens is 334 g/mol. The van der Waals surface area contributed by atoms with Gasteiger partial charge in [-0.15, -0.1) is 0 Å². The van der Waals surface area contributed by atoms with Crippen LogP contribution in [-0.2, 0) is 0 Å². The topological polar surface area (TPSA) is 79.5 Å². The number of nitriles is 1. The lowest BCUT2D eigenvalue weighted by atomic mass is 10.1. The first-order valence-corrected chi connectivity index (χ1v) is 9.53. The van der Waals surface area contributed by atoms with E-state index >= 15 is 0 Å². The quantitative estimate of drug-likeness (QED) is 0.414. The number of benzene rings is 1. The van der Waals surface area contributed by atoms with Crippen molar-refractivity contribution in [1.29, 1.82) is 5.26 Å². The molecule has 0 fully saturated rings. The van der Waals surface area contributed by atoms with E-state index in [-0.39, 0.29) is 13.2 Å². The lowest BCUT2D eigenvalue weighted by Gasteiger charge is -2.24. The Morgan fingerprint density at radius 2 is 1.84 bits per heavy atom. The number of rotatable bonds is 11. The van der Waals surface area contributed by atoms with E-state index in [4.69, 9.17) is 5.11 Å². The molecule has 0 aliphatic heterocycles. The molecule has 1 aromatic rings. The minimum Gasteiger partial charge on any atom is -0.394 e. The van der Waals surface area contributed by atoms with E-state index in [1.165, 1.54) is 17.6 Å². The van der Waals surface area contributed by atoms with Crippen molar-refractivity contribution < 1.29 is 10.2 Å². The Kier molecular flexibility index (Phi) is 10.3. The fourth-order valence-electron chi connectivity index (χ4n) is 2.42. The zero-order valence-corrected chi connectivity index (χ0v) is 16.1. The van der Waals surface area contributed by atoms with Crippen molar-refractivity contribution in [2.45, 2.75) is 39.7 Å². The smallest absolute Gasteiger partial charge is 0.108 e. The number of anilines is 1. The fourth-order valence-corrected chi connectivity index (χ4v) is 3.16. The maximum atomic E-state index is 9.37. The van der Waals surface area contributed by atoms with Crippen molar-refractivity contribution in [2.24, 2.45) is 0 Å². The minimum absolute atomic E-state index is 0.224. The summed E-state index contributed by atoms with van der Waals surface area (Å²) < 4.78 is 2.92. The van der Waals surface area contributed by atoms with Crippen LogP contribution < -0.4 is 9.62 Å². The monoisotopic (exact) mass is 363 g/mol. The van der Waals surface area contributed by atoms with Crippen LogP contribution in [0.25, 0.3) is 5.57 Å². The predicted octanol–water partition coefficient (Wildman–Crippen LogP) is 3.16. The van der Waals surface area contributed by atoms with Gasteiger partial charge in [0, 0.05) is 25.3 Å². The van der Waals surface area contributed by atoms with Crippen LogP contribution in [0.2, 0.25) is 0 Å². The Balaban J connectivity index is 2.85. The number of aliphatic hydroxyl groups excluding tert-OH is 2. The molecule has 1 rings (SSSR count). The summed E-state index contributed by atoms with van der Waals surface area (Å²) in [5.74, 6) is 0. The van der Waals surface area contributed by atoms with Gasteiger partial charge < -0.3 is 15.1 Å². The Morgan fingerprint density at radius 1 is 1.24 bits per heavy atom. The lowest BCUT2D eigenvalue weighted by molar-refractivity contribution is 0.0994. The predicted molar refractivity (Wildman–Crippen MR) is 106 cm³/mol. The second-order valence-corrected chi connectivity index (χ2v) is 6.79. The van der Waals surface area contributed by atoms with Crippen molar-refractivity contribution >= 4 is 23.2 Å². The normalized spacial score (nSPS) is 13.1. The molecular formula is C19H29N3O2S. The molecule has 0 aliphatic rings. The fraction of sp³-hybridized carbons (Fsp3) is 0.526. The van der Waals surface area contributed by atoms with Crippen molar-refractivity contribution in [1.82, 2.24) is 4.72 Å². The molecule has 1 unspecified atom stereocenters. The molecule has 25 heavy (non-hydrogen) atoms. The molecule has 6 heteroatoms. The summed E-state index contributed by atoms with van der Waals surface area (Å²) in [5.41, 5.74) is 3.10. The number of hydrogen-bond donors (Lipinski definition) is 3. The van der Waals surface area contributed by atoms with Crippen LogP contribution in [0, 0.1) is 11.3 Å². The Morgan fingerprint density at radius 3 is 2.32 bits per heavy atom. The van der Waals surface area contributed by atoms with Gasteiger partial charge in [0.15, 0.2) is 0 Å². The van der Waals surface area contributed by atoms with Gasteiger partial charge in [0.05, 0.1) is 12.7 Å². The first-order valence-electron chi connectivity index (χ1n) is 8.72. The van der Waals surface area contributed by atoms with Crippen LogP contribution in [-0.4, -0.2) is 42.6 Å². The Hall–Kier alpha value is -1.52. The van der Waals surface area contributed by atoms with Gasteiger partial charge >= 0.3 is 0 Å². The van der Waals surface area contributed by atoms with E-state index in [2.05, 4.69) is 41.7 Å². The minimum atomic E-state index is -0.824. The standard InChI is InChI=1S/C19H29N3O2S/c1-4-10-22(11-5-2)17-8-6-16(7-9-17)15(3)19(12-20)25-21-13-18(24)14-23/h6-9,18,21,23-24H,4-5,10-11,13-14H2,1-3H3/b19-15+. The number of hydrogen-bond acceptors (Lipinski definition) is 6. The van der Waals surface area contributed by atoms with E-state index in [0.717, 1.165) is 37.1 Å². The molecule has 0 saturated heterocycles. The van der Waals surface area contributed by atoms with Gasteiger partial charge in [-0.05, 0) is 55.0 Å². The van der Waals surface area contributed by atoms with Crippen LogP contribution in [0.15, 0.2) is 29.2 Å². The van der Waals surface area contributed by atoms with Gasteiger partial charge in [0.2, 0.25) is 0 Å². The highest BCUT2D eigenvalue weighted by Gasteiger charge is 2.09. The summed E-state index contributed by atoms with van der Waals surface area (Å²) in [6, 6.07) is 10.5. The highest BCUT2D eigenvalue weighted by atomic mass is 32.2. The first kappa shape index (κ1) is 21.5. The second-order valence-electron chi connectivity index (χ2n) is 5.89. The Bertz CT molecular complexity index is 575. The van der Waals surface area contributed by atoms with Gasteiger partial charge in [-0.25, -0.2) is 0 Å². The number of nitrogens with zero attached hydrogens (tertiary/aromatic N) is 2. The zero-order valence-electron chi connectivity index (χ0n) is 15.3. The molecule has 0 aliphatic carbocycles.